The number of amides is 1. The summed E-state index contributed by atoms with van der Waals surface area (Å²) in [6, 6.07) is 5.39. The molecule has 0 aliphatic carbocycles. The highest BCUT2D eigenvalue weighted by molar-refractivity contribution is 5.90. The molecule has 1 atom stereocenters. The second kappa shape index (κ2) is 6.48. The van der Waals surface area contributed by atoms with Gasteiger partial charge >= 0.3 is 11.8 Å². The molecule has 1 N–H and O–H groups in total. The summed E-state index contributed by atoms with van der Waals surface area (Å²) in [7, 11) is 0. The quantitative estimate of drug-likeness (QED) is 0.558. The van der Waals surface area contributed by atoms with Crippen LogP contribution in [0.25, 0.3) is 5.52 Å². The standard InChI is InChI=1S/C20H20FN7O2/c1-11-4-7-28-12(8-11)9-14(26-28)16-15-13(22-10-23-15)5-6-27(16)18(29)17-24-25-19(30-17)20(2,3)21/h4,7-10,16H,5-6H2,1-3H3,(H,22,23). The maximum Gasteiger partial charge on any atom is 0.312 e. The first-order chi connectivity index (χ1) is 14.3. The summed E-state index contributed by atoms with van der Waals surface area (Å²) in [4.78, 5) is 22.4. The Kier molecular flexibility index (Phi) is 3.99. The maximum absolute atomic E-state index is 14.1. The second-order valence-corrected chi connectivity index (χ2v) is 7.94. The van der Waals surface area contributed by atoms with Crippen molar-refractivity contribution in [3.8, 4) is 0 Å². The number of imidazole rings is 1. The number of hydrogen-bond donors (Lipinski definition) is 1. The van der Waals surface area contributed by atoms with Gasteiger partial charge in [0.25, 0.3) is 5.89 Å². The van der Waals surface area contributed by atoms with Crippen molar-refractivity contribution in [2.45, 2.75) is 38.9 Å². The van der Waals surface area contributed by atoms with Crippen LogP contribution < -0.4 is 0 Å². The van der Waals surface area contributed by atoms with E-state index in [4.69, 9.17) is 4.42 Å². The number of alkyl halides is 1. The third-order valence-electron chi connectivity index (χ3n) is 5.22. The van der Waals surface area contributed by atoms with Gasteiger partial charge in [0, 0.05) is 24.9 Å². The molecule has 0 saturated carbocycles. The fourth-order valence-electron chi connectivity index (χ4n) is 3.73. The predicted octanol–water partition coefficient (Wildman–Crippen LogP) is 2.74. The average molecular weight is 409 g/mol. The Morgan fingerprint density at radius 3 is 2.93 bits per heavy atom. The molecule has 0 spiro atoms. The lowest BCUT2D eigenvalue weighted by Gasteiger charge is -2.32. The molecule has 0 aromatic carbocycles. The average Bonchev–Trinajstić information content (AvgIpc) is 3.43. The van der Waals surface area contributed by atoms with Crippen LogP contribution in [-0.4, -0.2) is 47.1 Å². The normalized spacial score (nSPS) is 16.8. The lowest BCUT2D eigenvalue weighted by Crippen LogP contribution is -2.41. The molecule has 1 unspecified atom stereocenters. The lowest BCUT2D eigenvalue weighted by atomic mass is 9.99. The van der Waals surface area contributed by atoms with E-state index in [0.29, 0.717) is 18.7 Å². The minimum Gasteiger partial charge on any atom is -0.413 e. The van der Waals surface area contributed by atoms with E-state index in [1.165, 1.54) is 13.8 Å². The molecule has 4 aromatic heterocycles. The van der Waals surface area contributed by atoms with E-state index >= 15 is 0 Å². The molecule has 1 aliphatic heterocycles. The highest BCUT2D eigenvalue weighted by atomic mass is 19.1. The van der Waals surface area contributed by atoms with Crippen molar-refractivity contribution < 1.29 is 13.6 Å². The smallest absolute Gasteiger partial charge is 0.312 e. The number of carbonyl (C=O) groups excluding carboxylic acids is 1. The van der Waals surface area contributed by atoms with Gasteiger partial charge in [-0.2, -0.15) is 5.10 Å². The monoisotopic (exact) mass is 409 g/mol. The highest BCUT2D eigenvalue weighted by Crippen LogP contribution is 2.34. The van der Waals surface area contributed by atoms with Gasteiger partial charge in [0.15, 0.2) is 5.67 Å². The van der Waals surface area contributed by atoms with Crippen molar-refractivity contribution in [1.29, 1.82) is 0 Å². The Morgan fingerprint density at radius 2 is 2.17 bits per heavy atom. The molecule has 4 aromatic rings. The molecule has 154 valence electrons. The number of aryl methyl sites for hydroxylation is 1. The fraction of sp³-hybridized carbons (Fsp3) is 0.350. The van der Waals surface area contributed by atoms with Gasteiger partial charge in [-0.3, -0.25) is 4.79 Å². The van der Waals surface area contributed by atoms with Crippen LogP contribution in [0.5, 0.6) is 0 Å². The van der Waals surface area contributed by atoms with Crippen LogP contribution in [0.1, 0.15) is 59.1 Å². The zero-order chi connectivity index (χ0) is 21.0. The number of aromatic nitrogens is 6. The van der Waals surface area contributed by atoms with Crippen molar-refractivity contribution in [3.05, 3.63) is 65.1 Å². The summed E-state index contributed by atoms with van der Waals surface area (Å²) < 4.78 is 21.3. The molecular weight excluding hydrogens is 389 g/mol. The maximum atomic E-state index is 14.1. The van der Waals surface area contributed by atoms with E-state index in [1.807, 2.05) is 31.3 Å². The van der Waals surface area contributed by atoms with Gasteiger partial charge in [0.2, 0.25) is 0 Å². The molecule has 1 amide bonds. The van der Waals surface area contributed by atoms with Crippen LogP contribution in [0.3, 0.4) is 0 Å². The predicted molar refractivity (Wildman–Crippen MR) is 104 cm³/mol. The number of fused-ring (bicyclic) bond motifs is 2. The van der Waals surface area contributed by atoms with Crippen LogP contribution in [-0.2, 0) is 12.1 Å². The Labute approximate surface area is 170 Å². The molecule has 0 saturated heterocycles. The molecule has 10 heteroatoms. The van der Waals surface area contributed by atoms with Gasteiger partial charge in [0.05, 0.1) is 23.2 Å². The highest BCUT2D eigenvalue weighted by Gasteiger charge is 2.39. The van der Waals surface area contributed by atoms with E-state index in [2.05, 4.69) is 25.3 Å². The minimum absolute atomic E-state index is 0.233. The van der Waals surface area contributed by atoms with E-state index < -0.39 is 17.6 Å². The summed E-state index contributed by atoms with van der Waals surface area (Å²) in [5.41, 5.74) is 2.54. The summed E-state index contributed by atoms with van der Waals surface area (Å²) in [5.74, 6) is -0.965. The number of halogens is 1. The third-order valence-corrected chi connectivity index (χ3v) is 5.22. The number of nitrogens with one attached hydrogen (secondary N) is 1. The van der Waals surface area contributed by atoms with Gasteiger partial charge < -0.3 is 14.3 Å². The van der Waals surface area contributed by atoms with Crippen molar-refractivity contribution in [2.75, 3.05) is 6.54 Å². The summed E-state index contributed by atoms with van der Waals surface area (Å²) >= 11 is 0. The fourth-order valence-corrected chi connectivity index (χ4v) is 3.73. The minimum atomic E-state index is -1.83. The van der Waals surface area contributed by atoms with Gasteiger partial charge in [-0.05, 0) is 44.5 Å². The van der Waals surface area contributed by atoms with Crippen LogP contribution in [0.2, 0.25) is 0 Å². The first-order valence-corrected chi connectivity index (χ1v) is 9.63. The Hall–Kier alpha value is -3.56. The molecule has 9 nitrogen and oxygen atoms in total. The third kappa shape index (κ3) is 2.95. The van der Waals surface area contributed by atoms with Crippen LogP contribution >= 0.6 is 0 Å². The van der Waals surface area contributed by atoms with Crippen LogP contribution in [0.15, 0.2) is 35.1 Å². The van der Waals surface area contributed by atoms with Crippen molar-refractivity contribution in [1.82, 2.24) is 34.7 Å². The van der Waals surface area contributed by atoms with Crippen molar-refractivity contribution in [3.63, 3.8) is 0 Å². The Morgan fingerprint density at radius 1 is 1.33 bits per heavy atom. The number of H-pyrrole nitrogens is 1. The largest absolute Gasteiger partial charge is 0.413 e. The molecule has 0 radical (unpaired) electrons. The van der Waals surface area contributed by atoms with Gasteiger partial charge in [0.1, 0.15) is 6.04 Å². The number of carbonyl (C=O) groups is 1. The zero-order valence-electron chi connectivity index (χ0n) is 16.8. The molecule has 0 fully saturated rings. The van der Waals surface area contributed by atoms with E-state index in [0.717, 1.165) is 22.5 Å². The Bertz CT molecular complexity index is 1250. The number of pyridine rings is 1. The number of hydrogen-bond acceptors (Lipinski definition) is 6. The van der Waals surface area contributed by atoms with Gasteiger partial charge in [-0.15, -0.1) is 10.2 Å². The molecule has 5 rings (SSSR count). The number of nitrogens with zero attached hydrogens (tertiary/aromatic N) is 6. The van der Waals surface area contributed by atoms with E-state index in [1.54, 1.807) is 15.7 Å². The first kappa shape index (κ1) is 18.5. The second-order valence-electron chi connectivity index (χ2n) is 7.94. The molecule has 30 heavy (non-hydrogen) atoms. The number of rotatable bonds is 3. The molecule has 0 bridgehead atoms. The zero-order valence-corrected chi connectivity index (χ0v) is 16.8. The van der Waals surface area contributed by atoms with Crippen molar-refractivity contribution >= 4 is 11.4 Å². The van der Waals surface area contributed by atoms with E-state index in [-0.39, 0.29) is 11.8 Å². The summed E-state index contributed by atoms with van der Waals surface area (Å²) in [6.07, 6.45) is 4.09. The van der Waals surface area contributed by atoms with E-state index in [9.17, 15) is 9.18 Å². The van der Waals surface area contributed by atoms with Gasteiger partial charge in [-0.1, -0.05) is 0 Å². The molecular formula is C20H20FN7O2. The summed E-state index contributed by atoms with van der Waals surface area (Å²) in [6.45, 7) is 5.01. The number of aromatic amines is 1. The molecule has 5 heterocycles. The SMILES string of the molecule is Cc1ccn2nc(C3c4nc[nH]c4CCN3C(=O)c3nnc(C(C)(C)F)o3)cc2c1. The first-order valence-electron chi connectivity index (χ1n) is 9.63. The summed E-state index contributed by atoms with van der Waals surface area (Å²) in [5, 5.41) is 12.2. The van der Waals surface area contributed by atoms with Crippen molar-refractivity contribution in [2.24, 2.45) is 0 Å². The lowest BCUT2D eigenvalue weighted by molar-refractivity contribution is 0.0636. The van der Waals surface area contributed by atoms with Gasteiger partial charge in [-0.25, -0.2) is 13.9 Å². The van der Waals surface area contributed by atoms with Crippen LogP contribution in [0.4, 0.5) is 4.39 Å². The molecule has 1 aliphatic rings. The topological polar surface area (TPSA) is 105 Å². The van der Waals surface area contributed by atoms with Crippen LogP contribution in [0, 0.1) is 6.92 Å². The Balaban J connectivity index is 1.58.